The Bertz CT molecular complexity index is 534. The minimum Gasteiger partial charge on any atom is -0.338 e. The maximum Gasteiger partial charge on any atom is 0.314 e. The van der Waals surface area contributed by atoms with E-state index in [0.717, 1.165) is 29.0 Å². The molecule has 0 saturated carbocycles. The summed E-state index contributed by atoms with van der Waals surface area (Å²) < 4.78 is 0. The first-order valence-corrected chi connectivity index (χ1v) is 8.10. The van der Waals surface area contributed by atoms with Gasteiger partial charge in [-0.05, 0) is 37.5 Å². The zero-order valence-corrected chi connectivity index (χ0v) is 13.2. The molecule has 0 bridgehead atoms. The number of carbonyl (C=O) groups excluding carboxylic acids is 2. The molecule has 1 aromatic carbocycles. The van der Waals surface area contributed by atoms with Crippen LogP contribution in [0.15, 0.2) is 23.1 Å². The van der Waals surface area contributed by atoms with Crippen LogP contribution >= 0.6 is 11.8 Å². The number of fused-ring (bicyclic) bond motifs is 1. The molecule has 3 amide bonds. The standard InChI is InChI=1S/C15H21N3O2S/c1-3-7-16-15(20)17-8-6-11-4-5-13-12(9-11)18-14(19)10(2)21-13/h4-5,9-10H,3,6-8H2,1-2H3,(H,18,19)(H2,16,17,20). The Morgan fingerprint density at radius 1 is 1.33 bits per heavy atom. The first kappa shape index (κ1) is 15.7. The largest absolute Gasteiger partial charge is 0.338 e. The van der Waals surface area contributed by atoms with Gasteiger partial charge in [0.05, 0.1) is 10.9 Å². The summed E-state index contributed by atoms with van der Waals surface area (Å²) in [6.45, 7) is 5.17. The SMILES string of the molecule is CCCNC(=O)NCCc1ccc2c(c1)NC(=O)C(C)S2. The highest BCUT2D eigenvalue weighted by atomic mass is 32.2. The fourth-order valence-electron chi connectivity index (χ4n) is 2.03. The normalized spacial score (nSPS) is 16.9. The van der Waals surface area contributed by atoms with Crippen molar-refractivity contribution in [1.29, 1.82) is 0 Å². The minimum atomic E-state index is -0.132. The molecule has 5 nitrogen and oxygen atoms in total. The maximum atomic E-state index is 11.7. The van der Waals surface area contributed by atoms with Gasteiger partial charge in [0.25, 0.3) is 0 Å². The second kappa shape index (κ2) is 7.36. The lowest BCUT2D eigenvalue weighted by atomic mass is 10.1. The summed E-state index contributed by atoms with van der Waals surface area (Å²) in [6.07, 6.45) is 1.66. The van der Waals surface area contributed by atoms with Crippen LogP contribution in [0.5, 0.6) is 0 Å². The molecule has 0 aromatic heterocycles. The highest BCUT2D eigenvalue weighted by molar-refractivity contribution is 8.00. The Morgan fingerprint density at radius 3 is 2.86 bits per heavy atom. The summed E-state index contributed by atoms with van der Waals surface area (Å²) in [5, 5.41) is 8.46. The molecule has 0 saturated heterocycles. The molecule has 1 aliphatic rings. The van der Waals surface area contributed by atoms with E-state index in [-0.39, 0.29) is 17.2 Å². The molecule has 1 aliphatic heterocycles. The van der Waals surface area contributed by atoms with Crippen LogP contribution in [0.2, 0.25) is 0 Å². The number of hydrogen-bond acceptors (Lipinski definition) is 3. The van der Waals surface area contributed by atoms with Gasteiger partial charge in [0.15, 0.2) is 0 Å². The molecule has 114 valence electrons. The van der Waals surface area contributed by atoms with Crippen molar-refractivity contribution in [2.75, 3.05) is 18.4 Å². The van der Waals surface area contributed by atoms with Crippen LogP contribution in [0.4, 0.5) is 10.5 Å². The molecule has 1 aromatic rings. The lowest BCUT2D eigenvalue weighted by Gasteiger charge is -2.21. The van der Waals surface area contributed by atoms with E-state index in [1.807, 2.05) is 32.0 Å². The number of urea groups is 1. The third-order valence-corrected chi connectivity index (χ3v) is 4.39. The van der Waals surface area contributed by atoms with Crippen LogP contribution < -0.4 is 16.0 Å². The van der Waals surface area contributed by atoms with Gasteiger partial charge in [-0.15, -0.1) is 11.8 Å². The third-order valence-electron chi connectivity index (χ3n) is 3.21. The summed E-state index contributed by atoms with van der Waals surface area (Å²) in [4.78, 5) is 24.2. The van der Waals surface area contributed by atoms with E-state index >= 15 is 0 Å². The van der Waals surface area contributed by atoms with Crippen LogP contribution in [0.1, 0.15) is 25.8 Å². The molecule has 3 N–H and O–H groups in total. The van der Waals surface area contributed by atoms with E-state index in [1.165, 1.54) is 0 Å². The monoisotopic (exact) mass is 307 g/mol. The van der Waals surface area contributed by atoms with Crippen molar-refractivity contribution in [2.24, 2.45) is 0 Å². The quantitative estimate of drug-likeness (QED) is 0.782. The van der Waals surface area contributed by atoms with Gasteiger partial charge in [-0.2, -0.15) is 0 Å². The molecule has 0 fully saturated rings. The lowest BCUT2D eigenvalue weighted by molar-refractivity contribution is -0.115. The number of amides is 3. The first-order chi connectivity index (χ1) is 10.1. The van der Waals surface area contributed by atoms with E-state index in [9.17, 15) is 9.59 Å². The third kappa shape index (κ3) is 4.39. The molecule has 21 heavy (non-hydrogen) atoms. The molecule has 1 heterocycles. The zero-order chi connectivity index (χ0) is 15.2. The van der Waals surface area contributed by atoms with Crippen LogP contribution in [0.3, 0.4) is 0 Å². The minimum absolute atomic E-state index is 0.0433. The highest BCUT2D eigenvalue weighted by Gasteiger charge is 2.22. The Hall–Kier alpha value is -1.69. The number of rotatable bonds is 5. The summed E-state index contributed by atoms with van der Waals surface area (Å²) in [7, 11) is 0. The molecular weight excluding hydrogens is 286 g/mol. The number of anilines is 1. The number of carbonyl (C=O) groups is 2. The molecule has 0 spiro atoms. The highest BCUT2D eigenvalue weighted by Crippen LogP contribution is 2.35. The van der Waals surface area contributed by atoms with Gasteiger partial charge < -0.3 is 16.0 Å². The molecule has 6 heteroatoms. The number of thioether (sulfide) groups is 1. The molecule has 0 radical (unpaired) electrons. The second-order valence-corrected chi connectivity index (χ2v) is 6.40. The van der Waals surface area contributed by atoms with Crippen molar-refractivity contribution < 1.29 is 9.59 Å². The Labute approximate surface area is 129 Å². The average Bonchev–Trinajstić information content (AvgIpc) is 2.46. The van der Waals surface area contributed by atoms with E-state index in [2.05, 4.69) is 16.0 Å². The summed E-state index contributed by atoms with van der Waals surface area (Å²) in [6, 6.07) is 5.93. The zero-order valence-electron chi connectivity index (χ0n) is 12.4. The number of benzene rings is 1. The van der Waals surface area contributed by atoms with Gasteiger partial charge in [0.1, 0.15) is 0 Å². The van der Waals surface area contributed by atoms with Crippen molar-refractivity contribution in [2.45, 2.75) is 36.8 Å². The topological polar surface area (TPSA) is 70.2 Å². The summed E-state index contributed by atoms with van der Waals surface area (Å²) in [5.74, 6) is 0.0433. The first-order valence-electron chi connectivity index (χ1n) is 7.22. The van der Waals surface area contributed by atoms with Gasteiger partial charge in [0, 0.05) is 18.0 Å². The predicted molar refractivity (Wildman–Crippen MR) is 85.8 cm³/mol. The number of nitrogens with one attached hydrogen (secondary N) is 3. The van der Waals surface area contributed by atoms with E-state index in [4.69, 9.17) is 0 Å². The lowest BCUT2D eigenvalue weighted by Crippen LogP contribution is -2.36. The maximum absolute atomic E-state index is 11.7. The molecule has 1 unspecified atom stereocenters. The Kier molecular flexibility index (Phi) is 5.50. The van der Waals surface area contributed by atoms with Crippen LogP contribution in [0.25, 0.3) is 0 Å². The van der Waals surface area contributed by atoms with E-state index in [1.54, 1.807) is 11.8 Å². The van der Waals surface area contributed by atoms with Crippen molar-refractivity contribution in [3.63, 3.8) is 0 Å². The predicted octanol–water partition coefficient (Wildman–Crippen LogP) is 2.37. The Morgan fingerprint density at radius 2 is 2.10 bits per heavy atom. The Balaban J connectivity index is 1.87. The smallest absolute Gasteiger partial charge is 0.314 e. The molecule has 0 aliphatic carbocycles. The van der Waals surface area contributed by atoms with Crippen molar-refractivity contribution in [3.05, 3.63) is 23.8 Å². The van der Waals surface area contributed by atoms with E-state index in [0.29, 0.717) is 13.1 Å². The van der Waals surface area contributed by atoms with E-state index < -0.39 is 0 Å². The van der Waals surface area contributed by atoms with Crippen molar-refractivity contribution in [1.82, 2.24) is 10.6 Å². The summed E-state index contributed by atoms with van der Waals surface area (Å²) >= 11 is 1.57. The molecule has 1 atom stereocenters. The number of hydrogen-bond donors (Lipinski definition) is 3. The van der Waals surface area contributed by atoms with Gasteiger partial charge >= 0.3 is 6.03 Å². The second-order valence-electron chi connectivity index (χ2n) is 5.01. The van der Waals surface area contributed by atoms with Gasteiger partial charge in [-0.1, -0.05) is 13.0 Å². The summed E-state index contributed by atoms with van der Waals surface area (Å²) in [5.41, 5.74) is 1.97. The van der Waals surface area contributed by atoms with Gasteiger partial charge in [0.2, 0.25) is 5.91 Å². The fourth-order valence-corrected chi connectivity index (χ4v) is 2.96. The fraction of sp³-hybridized carbons (Fsp3) is 0.467. The van der Waals surface area contributed by atoms with Crippen LogP contribution in [0, 0.1) is 0 Å². The van der Waals surface area contributed by atoms with Gasteiger partial charge in [-0.25, -0.2) is 4.79 Å². The van der Waals surface area contributed by atoms with Crippen molar-refractivity contribution >= 4 is 29.4 Å². The van der Waals surface area contributed by atoms with Crippen LogP contribution in [-0.2, 0) is 11.2 Å². The average molecular weight is 307 g/mol. The molecule has 2 rings (SSSR count). The van der Waals surface area contributed by atoms with Crippen LogP contribution in [-0.4, -0.2) is 30.3 Å². The molecular formula is C15H21N3O2S. The van der Waals surface area contributed by atoms with Gasteiger partial charge in [-0.3, -0.25) is 4.79 Å². The van der Waals surface area contributed by atoms with Crippen molar-refractivity contribution in [3.8, 4) is 0 Å².